The summed E-state index contributed by atoms with van der Waals surface area (Å²) in [5.41, 5.74) is -0.463. The van der Waals surface area contributed by atoms with Gasteiger partial charge in [0, 0.05) is 19.2 Å². The summed E-state index contributed by atoms with van der Waals surface area (Å²) in [5.74, 6) is 1.05. The van der Waals surface area contributed by atoms with Crippen LogP contribution in [0, 0.1) is 0 Å². The van der Waals surface area contributed by atoms with Crippen molar-refractivity contribution in [2.24, 2.45) is 0 Å². The number of hydrogen-bond donors (Lipinski definition) is 0. The molecule has 2 aliphatic rings. The standard InChI is InChI=1S/C17H26N2O5S/c1-4-5-8-19(12-18-9-10-24-17(18,2)3)25(20,21)14-6-7-15-16(11-14)23-13-22-15/h6-7,11H,4-5,8-10,12-13H2,1-3H3. The summed E-state index contributed by atoms with van der Waals surface area (Å²) in [6.45, 7) is 8.21. The van der Waals surface area contributed by atoms with Gasteiger partial charge in [-0.25, -0.2) is 8.42 Å². The monoisotopic (exact) mass is 370 g/mol. The van der Waals surface area contributed by atoms with Crippen molar-refractivity contribution in [2.45, 2.75) is 44.2 Å². The lowest BCUT2D eigenvalue weighted by atomic mass is 10.3. The second-order valence-corrected chi connectivity index (χ2v) is 8.69. The molecule has 3 rings (SSSR count). The van der Waals surface area contributed by atoms with Crippen LogP contribution in [0.5, 0.6) is 11.5 Å². The van der Waals surface area contributed by atoms with Gasteiger partial charge in [0.25, 0.3) is 0 Å². The molecule has 1 saturated heterocycles. The molecule has 2 aliphatic heterocycles. The zero-order chi connectivity index (χ0) is 18.1. The molecule has 0 spiro atoms. The Morgan fingerprint density at radius 3 is 2.68 bits per heavy atom. The summed E-state index contributed by atoms with van der Waals surface area (Å²) in [5, 5.41) is 0. The lowest BCUT2D eigenvalue weighted by molar-refractivity contribution is -0.0607. The van der Waals surface area contributed by atoms with Crippen LogP contribution >= 0.6 is 0 Å². The van der Waals surface area contributed by atoms with Crippen molar-refractivity contribution in [1.29, 1.82) is 0 Å². The Kier molecular flexibility index (Phi) is 5.24. The number of hydrogen-bond acceptors (Lipinski definition) is 6. The minimum Gasteiger partial charge on any atom is -0.454 e. The molecular weight excluding hydrogens is 344 g/mol. The first-order valence-electron chi connectivity index (χ1n) is 8.63. The zero-order valence-electron chi connectivity index (χ0n) is 15.0. The van der Waals surface area contributed by atoms with Crippen molar-refractivity contribution in [3.63, 3.8) is 0 Å². The van der Waals surface area contributed by atoms with Gasteiger partial charge in [0.2, 0.25) is 16.8 Å². The molecule has 0 aliphatic carbocycles. The van der Waals surface area contributed by atoms with E-state index in [1.807, 2.05) is 25.7 Å². The fourth-order valence-corrected chi connectivity index (χ4v) is 4.44. The second kappa shape index (κ2) is 7.11. The van der Waals surface area contributed by atoms with Gasteiger partial charge in [-0.05, 0) is 32.4 Å². The van der Waals surface area contributed by atoms with Crippen molar-refractivity contribution in [3.05, 3.63) is 18.2 Å². The summed E-state index contributed by atoms with van der Waals surface area (Å²) in [6, 6.07) is 4.77. The van der Waals surface area contributed by atoms with E-state index >= 15 is 0 Å². The maximum atomic E-state index is 13.2. The number of benzene rings is 1. The molecule has 25 heavy (non-hydrogen) atoms. The molecule has 2 heterocycles. The highest BCUT2D eigenvalue weighted by Crippen LogP contribution is 2.35. The molecule has 1 aromatic carbocycles. The number of unbranched alkanes of at least 4 members (excludes halogenated alkanes) is 1. The van der Waals surface area contributed by atoms with E-state index in [0.717, 1.165) is 12.8 Å². The smallest absolute Gasteiger partial charge is 0.244 e. The van der Waals surface area contributed by atoms with Crippen LogP contribution in [0.15, 0.2) is 23.1 Å². The largest absolute Gasteiger partial charge is 0.454 e. The molecule has 0 bridgehead atoms. The zero-order valence-corrected chi connectivity index (χ0v) is 15.8. The number of nitrogens with zero attached hydrogens (tertiary/aromatic N) is 2. The van der Waals surface area contributed by atoms with Crippen molar-refractivity contribution in [3.8, 4) is 11.5 Å². The average molecular weight is 370 g/mol. The topological polar surface area (TPSA) is 68.3 Å². The fourth-order valence-electron chi connectivity index (χ4n) is 2.99. The molecule has 1 aromatic rings. The van der Waals surface area contributed by atoms with E-state index in [1.54, 1.807) is 18.2 Å². The molecule has 0 aromatic heterocycles. The summed E-state index contributed by atoms with van der Waals surface area (Å²) < 4.78 is 44.2. The minimum atomic E-state index is -3.63. The van der Waals surface area contributed by atoms with Crippen LogP contribution in [-0.4, -0.2) is 56.5 Å². The van der Waals surface area contributed by atoms with Crippen molar-refractivity contribution in [2.75, 3.05) is 33.2 Å². The predicted molar refractivity (Wildman–Crippen MR) is 93.0 cm³/mol. The lowest BCUT2D eigenvalue weighted by Gasteiger charge is -2.34. The van der Waals surface area contributed by atoms with Crippen LogP contribution in [0.1, 0.15) is 33.6 Å². The van der Waals surface area contributed by atoms with Gasteiger partial charge in [-0.3, -0.25) is 4.90 Å². The summed E-state index contributed by atoms with van der Waals surface area (Å²) in [6.07, 6.45) is 1.73. The first-order chi connectivity index (χ1) is 11.8. The number of rotatable bonds is 7. The Labute approximate surface area is 149 Å². The summed E-state index contributed by atoms with van der Waals surface area (Å²) >= 11 is 0. The molecule has 0 radical (unpaired) electrons. The van der Waals surface area contributed by atoms with Crippen LogP contribution in [-0.2, 0) is 14.8 Å². The Hall–Kier alpha value is -1.35. The van der Waals surface area contributed by atoms with E-state index < -0.39 is 15.7 Å². The maximum Gasteiger partial charge on any atom is 0.244 e. The highest BCUT2D eigenvalue weighted by Gasteiger charge is 2.37. The van der Waals surface area contributed by atoms with Crippen molar-refractivity contribution in [1.82, 2.24) is 9.21 Å². The minimum absolute atomic E-state index is 0.123. The lowest BCUT2D eigenvalue weighted by Crippen LogP contribution is -2.48. The van der Waals surface area contributed by atoms with Crippen LogP contribution in [0.4, 0.5) is 0 Å². The summed E-state index contributed by atoms with van der Waals surface area (Å²) in [4.78, 5) is 2.28. The molecule has 7 nitrogen and oxygen atoms in total. The predicted octanol–water partition coefficient (Wildman–Crippen LogP) is 2.23. The fraction of sp³-hybridized carbons (Fsp3) is 0.647. The van der Waals surface area contributed by atoms with Gasteiger partial charge >= 0.3 is 0 Å². The first kappa shape index (κ1) is 18.4. The third-order valence-electron chi connectivity index (χ3n) is 4.65. The maximum absolute atomic E-state index is 13.2. The Balaban J connectivity index is 1.86. The van der Waals surface area contributed by atoms with E-state index in [1.165, 1.54) is 4.31 Å². The van der Waals surface area contributed by atoms with Crippen LogP contribution in [0.25, 0.3) is 0 Å². The van der Waals surface area contributed by atoms with Gasteiger partial charge in [-0.2, -0.15) is 4.31 Å². The third-order valence-corrected chi connectivity index (χ3v) is 6.48. The highest BCUT2D eigenvalue weighted by molar-refractivity contribution is 7.89. The van der Waals surface area contributed by atoms with E-state index in [2.05, 4.69) is 0 Å². The van der Waals surface area contributed by atoms with E-state index in [0.29, 0.717) is 37.9 Å². The second-order valence-electron chi connectivity index (χ2n) is 6.75. The molecule has 0 amide bonds. The Bertz CT molecular complexity index is 720. The van der Waals surface area contributed by atoms with Gasteiger partial charge in [0.15, 0.2) is 11.5 Å². The number of fused-ring (bicyclic) bond motifs is 1. The molecule has 0 N–H and O–H groups in total. The SMILES string of the molecule is CCCCN(CN1CCOC1(C)C)S(=O)(=O)c1ccc2c(c1)OCO2. The van der Waals surface area contributed by atoms with Gasteiger partial charge in [-0.1, -0.05) is 13.3 Å². The molecule has 0 saturated carbocycles. The molecule has 140 valence electrons. The Morgan fingerprint density at radius 1 is 1.24 bits per heavy atom. The molecule has 0 atom stereocenters. The van der Waals surface area contributed by atoms with Gasteiger partial charge < -0.3 is 14.2 Å². The molecular formula is C17H26N2O5S. The van der Waals surface area contributed by atoms with Gasteiger partial charge in [0.1, 0.15) is 5.72 Å². The highest BCUT2D eigenvalue weighted by atomic mass is 32.2. The first-order valence-corrected chi connectivity index (χ1v) is 10.1. The van der Waals surface area contributed by atoms with Gasteiger partial charge in [0.05, 0.1) is 18.2 Å². The summed E-state index contributed by atoms with van der Waals surface area (Å²) in [7, 11) is -3.63. The van der Waals surface area contributed by atoms with Crippen molar-refractivity contribution < 1.29 is 22.6 Å². The van der Waals surface area contributed by atoms with E-state index in [4.69, 9.17) is 14.2 Å². The van der Waals surface area contributed by atoms with Crippen LogP contribution < -0.4 is 9.47 Å². The molecule has 0 unspecified atom stereocenters. The van der Waals surface area contributed by atoms with E-state index in [9.17, 15) is 8.42 Å². The molecule has 8 heteroatoms. The number of ether oxygens (including phenoxy) is 3. The third kappa shape index (κ3) is 3.76. The normalized spacial score (nSPS) is 19.7. The van der Waals surface area contributed by atoms with Crippen LogP contribution in [0.3, 0.4) is 0 Å². The Morgan fingerprint density at radius 2 is 2.00 bits per heavy atom. The number of sulfonamides is 1. The quantitative estimate of drug-likeness (QED) is 0.733. The van der Waals surface area contributed by atoms with Gasteiger partial charge in [-0.15, -0.1) is 0 Å². The van der Waals surface area contributed by atoms with Crippen molar-refractivity contribution >= 4 is 10.0 Å². The average Bonchev–Trinajstić information content (AvgIpc) is 3.16. The molecule has 1 fully saturated rings. The van der Waals surface area contributed by atoms with E-state index in [-0.39, 0.29) is 11.7 Å². The van der Waals surface area contributed by atoms with Crippen LogP contribution in [0.2, 0.25) is 0 Å².